The number of benzene rings is 2. The van der Waals surface area contributed by atoms with Crippen LogP contribution in [0.3, 0.4) is 0 Å². The number of halogens is 2. The molecule has 1 aliphatic heterocycles. The number of carbonyl (C=O) groups excluding carboxylic acids is 1. The summed E-state index contributed by atoms with van der Waals surface area (Å²) in [5.74, 6) is -1.52. The molecule has 0 unspecified atom stereocenters. The van der Waals surface area contributed by atoms with E-state index in [0.29, 0.717) is 31.4 Å². The Morgan fingerprint density at radius 3 is 2.44 bits per heavy atom. The van der Waals surface area contributed by atoms with E-state index in [1.54, 1.807) is 12.1 Å². The minimum atomic E-state index is -3.30. The Morgan fingerprint density at radius 1 is 1.06 bits per heavy atom. The summed E-state index contributed by atoms with van der Waals surface area (Å²) < 4.78 is 54.7. The third-order valence-electron chi connectivity index (χ3n) is 6.47. The van der Waals surface area contributed by atoms with E-state index in [1.165, 1.54) is 18.2 Å². The van der Waals surface area contributed by atoms with Crippen molar-refractivity contribution in [3.8, 4) is 11.1 Å². The van der Waals surface area contributed by atoms with E-state index < -0.39 is 21.7 Å². The summed E-state index contributed by atoms with van der Waals surface area (Å²) in [6.07, 6.45) is 3.76. The van der Waals surface area contributed by atoms with E-state index in [-0.39, 0.29) is 35.4 Å². The summed E-state index contributed by atoms with van der Waals surface area (Å²) in [7, 11) is -3.30. The number of amides is 1. The largest absolute Gasteiger partial charge is 0.340 e. The quantitative estimate of drug-likeness (QED) is 0.729. The number of sulfonamides is 1. The molecule has 1 saturated heterocycles. The van der Waals surface area contributed by atoms with Crippen LogP contribution in [0.5, 0.6) is 0 Å². The summed E-state index contributed by atoms with van der Waals surface area (Å²) in [6, 6.07) is 10.7. The van der Waals surface area contributed by atoms with Crippen molar-refractivity contribution in [2.24, 2.45) is 5.92 Å². The number of hydrogen-bond acceptors (Lipinski definition) is 3. The zero-order valence-electron chi connectivity index (χ0n) is 18.2. The number of rotatable bonds is 5. The topological polar surface area (TPSA) is 66.5 Å². The van der Waals surface area contributed by atoms with Gasteiger partial charge in [-0.3, -0.25) is 4.79 Å². The van der Waals surface area contributed by atoms with Crippen molar-refractivity contribution in [1.82, 2.24) is 9.62 Å². The molecule has 172 valence electrons. The van der Waals surface area contributed by atoms with Crippen LogP contribution >= 0.6 is 0 Å². The average Bonchev–Trinajstić information content (AvgIpc) is 3.51. The van der Waals surface area contributed by atoms with Gasteiger partial charge in [0.25, 0.3) is 0 Å². The Balaban J connectivity index is 1.52. The molecular formula is C24H28F2N2O3S. The van der Waals surface area contributed by atoms with Crippen LogP contribution in [0.2, 0.25) is 0 Å². The van der Waals surface area contributed by atoms with Crippen molar-refractivity contribution >= 4 is 15.9 Å². The van der Waals surface area contributed by atoms with Gasteiger partial charge in [0.05, 0.1) is 11.8 Å². The van der Waals surface area contributed by atoms with Gasteiger partial charge >= 0.3 is 0 Å². The van der Waals surface area contributed by atoms with Crippen molar-refractivity contribution in [3.63, 3.8) is 0 Å². The number of nitrogens with one attached hydrogen (secondary N) is 1. The summed E-state index contributed by atoms with van der Waals surface area (Å²) in [5.41, 5.74) is 1.22. The fourth-order valence-electron chi connectivity index (χ4n) is 4.95. The maximum atomic E-state index is 14.4. The third kappa shape index (κ3) is 4.86. The third-order valence-corrected chi connectivity index (χ3v) is 7.23. The summed E-state index contributed by atoms with van der Waals surface area (Å²) in [4.78, 5) is 15.2. The van der Waals surface area contributed by atoms with Gasteiger partial charge in [-0.15, -0.1) is 0 Å². The second kappa shape index (κ2) is 8.90. The molecule has 4 atom stereocenters. The summed E-state index contributed by atoms with van der Waals surface area (Å²) in [6.45, 7) is 2.52. The SMILES string of the molecule is C[C@H]1C[C@@H](NS(C)(=O)=O)CCCN1C(=O)[C@@H]1C[C@H]1c1ccccc1-c1c(F)cccc1F. The van der Waals surface area contributed by atoms with Gasteiger partial charge < -0.3 is 4.90 Å². The van der Waals surface area contributed by atoms with Crippen molar-refractivity contribution in [1.29, 1.82) is 0 Å². The van der Waals surface area contributed by atoms with E-state index in [2.05, 4.69) is 4.72 Å². The first kappa shape index (κ1) is 22.9. The highest BCUT2D eigenvalue weighted by Gasteiger charge is 2.47. The molecule has 1 aliphatic carbocycles. The molecule has 1 amide bonds. The molecule has 2 aliphatic rings. The van der Waals surface area contributed by atoms with Gasteiger partial charge in [-0.25, -0.2) is 21.9 Å². The van der Waals surface area contributed by atoms with Crippen molar-refractivity contribution < 1.29 is 22.0 Å². The summed E-state index contributed by atoms with van der Waals surface area (Å²) >= 11 is 0. The lowest BCUT2D eigenvalue weighted by atomic mass is 9.95. The fraction of sp³-hybridized carbons (Fsp3) is 0.458. The molecule has 0 radical (unpaired) electrons. The molecule has 1 heterocycles. The van der Waals surface area contributed by atoms with Gasteiger partial charge in [0.1, 0.15) is 11.6 Å². The first-order chi connectivity index (χ1) is 15.2. The van der Waals surface area contributed by atoms with Gasteiger partial charge in [-0.05, 0) is 61.8 Å². The Labute approximate surface area is 187 Å². The molecule has 2 aromatic rings. The Kier molecular flexibility index (Phi) is 6.36. The van der Waals surface area contributed by atoms with Crippen LogP contribution in [-0.4, -0.2) is 44.1 Å². The van der Waals surface area contributed by atoms with Gasteiger partial charge in [0, 0.05) is 24.5 Å². The molecular weight excluding hydrogens is 434 g/mol. The number of nitrogens with zero attached hydrogens (tertiary/aromatic N) is 1. The first-order valence-corrected chi connectivity index (χ1v) is 12.9. The molecule has 2 aromatic carbocycles. The molecule has 1 saturated carbocycles. The average molecular weight is 463 g/mol. The Morgan fingerprint density at radius 2 is 1.75 bits per heavy atom. The zero-order valence-corrected chi connectivity index (χ0v) is 19.0. The fourth-order valence-corrected chi connectivity index (χ4v) is 5.77. The zero-order chi connectivity index (χ0) is 23.0. The smallest absolute Gasteiger partial charge is 0.226 e. The second-order valence-corrected chi connectivity index (χ2v) is 10.8. The van der Waals surface area contributed by atoms with Crippen LogP contribution in [0, 0.1) is 17.6 Å². The predicted octanol–water partition coefficient (Wildman–Crippen LogP) is 4.05. The Hall–Kier alpha value is -2.32. The van der Waals surface area contributed by atoms with Crippen LogP contribution < -0.4 is 4.72 Å². The van der Waals surface area contributed by atoms with Gasteiger partial charge in [-0.2, -0.15) is 0 Å². The second-order valence-electron chi connectivity index (χ2n) is 8.98. The van der Waals surface area contributed by atoms with Gasteiger partial charge in [-0.1, -0.05) is 30.3 Å². The van der Waals surface area contributed by atoms with Gasteiger partial charge in [0.15, 0.2) is 0 Å². The van der Waals surface area contributed by atoms with Crippen LogP contribution in [0.1, 0.15) is 44.1 Å². The molecule has 8 heteroatoms. The maximum Gasteiger partial charge on any atom is 0.226 e. The molecule has 4 rings (SSSR count). The predicted molar refractivity (Wildman–Crippen MR) is 119 cm³/mol. The normalized spacial score (nSPS) is 25.9. The van der Waals surface area contributed by atoms with Crippen molar-refractivity contribution in [2.75, 3.05) is 12.8 Å². The molecule has 1 N–H and O–H groups in total. The first-order valence-electron chi connectivity index (χ1n) is 11.0. The molecule has 5 nitrogen and oxygen atoms in total. The lowest BCUT2D eigenvalue weighted by molar-refractivity contribution is -0.134. The monoisotopic (exact) mass is 462 g/mol. The lowest BCUT2D eigenvalue weighted by Crippen LogP contribution is -2.42. The van der Waals surface area contributed by atoms with E-state index in [0.717, 1.165) is 18.2 Å². The van der Waals surface area contributed by atoms with E-state index >= 15 is 0 Å². The van der Waals surface area contributed by atoms with Gasteiger partial charge in [0.2, 0.25) is 15.9 Å². The minimum Gasteiger partial charge on any atom is -0.340 e. The number of likely N-dealkylation sites (tertiary alicyclic amines) is 1. The number of carbonyl (C=O) groups is 1. The molecule has 0 spiro atoms. The van der Waals surface area contributed by atoms with Crippen molar-refractivity contribution in [3.05, 3.63) is 59.7 Å². The summed E-state index contributed by atoms with van der Waals surface area (Å²) in [5, 5.41) is 0. The maximum absolute atomic E-state index is 14.4. The number of hydrogen-bond donors (Lipinski definition) is 1. The van der Waals surface area contributed by atoms with E-state index in [1.807, 2.05) is 24.0 Å². The highest BCUT2D eigenvalue weighted by molar-refractivity contribution is 7.88. The molecule has 2 fully saturated rings. The van der Waals surface area contributed by atoms with Crippen LogP contribution in [0.4, 0.5) is 8.78 Å². The molecule has 0 bridgehead atoms. The molecule has 0 aromatic heterocycles. The minimum absolute atomic E-state index is 0.0336. The van der Waals surface area contributed by atoms with Crippen LogP contribution in [0.25, 0.3) is 11.1 Å². The highest BCUT2D eigenvalue weighted by Crippen LogP contribution is 2.52. The van der Waals surface area contributed by atoms with Crippen LogP contribution in [-0.2, 0) is 14.8 Å². The van der Waals surface area contributed by atoms with Crippen LogP contribution in [0.15, 0.2) is 42.5 Å². The standard InChI is InChI=1S/C24H28F2N2O3S/c1-15-13-16(27-32(2,30)31)7-6-12-28(15)24(29)20-14-19(20)17-8-3-4-9-18(17)23-21(25)10-5-11-22(23)26/h3-5,8-11,15-16,19-20,27H,6-7,12-14H2,1-2H3/t15-,16-,19-,20+/m0/s1. The van der Waals surface area contributed by atoms with E-state index in [4.69, 9.17) is 0 Å². The Bertz CT molecular complexity index is 1100. The van der Waals surface area contributed by atoms with E-state index in [9.17, 15) is 22.0 Å². The molecule has 32 heavy (non-hydrogen) atoms. The highest BCUT2D eigenvalue weighted by atomic mass is 32.2. The van der Waals surface area contributed by atoms with Crippen molar-refractivity contribution in [2.45, 2.75) is 50.6 Å². The lowest BCUT2D eigenvalue weighted by Gasteiger charge is -2.28.